The van der Waals surface area contributed by atoms with E-state index < -0.39 is 0 Å². The van der Waals surface area contributed by atoms with Gasteiger partial charge in [0.25, 0.3) is 0 Å². The second-order valence-electron chi connectivity index (χ2n) is 12.2. The fraction of sp³-hybridized carbons (Fsp3) is 0.455. The van der Waals surface area contributed by atoms with Crippen LogP contribution in [0.5, 0.6) is 0 Å². The van der Waals surface area contributed by atoms with Gasteiger partial charge in [0.15, 0.2) is 0 Å². The van der Waals surface area contributed by atoms with Crippen molar-refractivity contribution < 1.29 is 0 Å². The van der Waals surface area contributed by atoms with E-state index >= 15 is 0 Å². The van der Waals surface area contributed by atoms with Crippen molar-refractivity contribution in [3.05, 3.63) is 82.4 Å². The molecule has 0 heterocycles. The predicted molar refractivity (Wildman–Crippen MR) is 148 cm³/mol. The van der Waals surface area contributed by atoms with Gasteiger partial charge in [-0.05, 0) is 111 Å². The van der Waals surface area contributed by atoms with E-state index in [1.807, 2.05) is 0 Å². The molecule has 0 saturated heterocycles. The van der Waals surface area contributed by atoms with Crippen LogP contribution in [0, 0.1) is 13.8 Å². The molecule has 1 heteroatoms. The van der Waals surface area contributed by atoms with Crippen molar-refractivity contribution in [2.45, 2.75) is 97.4 Å². The molecule has 0 N–H and O–H groups in total. The molecule has 2 aliphatic rings. The van der Waals surface area contributed by atoms with E-state index in [0.717, 1.165) is 0 Å². The lowest BCUT2D eigenvalue weighted by atomic mass is 9.78. The van der Waals surface area contributed by atoms with Crippen LogP contribution in [-0.4, -0.2) is 5.54 Å². The summed E-state index contributed by atoms with van der Waals surface area (Å²) in [5.74, 6) is 0.712. The highest BCUT2D eigenvalue weighted by Gasteiger charge is 2.39. The summed E-state index contributed by atoms with van der Waals surface area (Å²) in [6.45, 7) is 16.4. The maximum Gasteiger partial charge on any atom is 0.0449 e. The molecule has 2 aliphatic carbocycles. The zero-order chi connectivity index (χ0) is 24.3. The normalized spacial score (nSPS) is 17.4. The lowest BCUT2D eigenvalue weighted by Crippen LogP contribution is -2.38. The molecule has 1 fully saturated rings. The van der Waals surface area contributed by atoms with Gasteiger partial charge in [0.2, 0.25) is 0 Å². The van der Waals surface area contributed by atoms with E-state index in [9.17, 15) is 0 Å². The Morgan fingerprint density at radius 3 is 2.15 bits per heavy atom. The van der Waals surface area contributed by atoms with Gasteiger partial charge in [0.1, 0.15) is 0 Å². The number of aryl methyl sites for hydroxylation is 2. The molecule has 0 spiro atoms. The van der Waals surface area contributed by atoms with E-state index in [2.05, 4.69) is 108 Å². The molecule has 5 rings (SSSR count). The summed E-state index contributed by atoms with van der Waals surface area (Å²) in [4.78, 5) is 2.55. The molecule has 0 atom stereocenters. The highest BCUT2D eigenvalue weighted by atomic mass is 15.2. The highest BCUT2D eigenvalue weighted by Crippen LogP contribution is 2.54. The molecular formula is C33H41N. The van der Waals surface area contributed by atoms with Gasteiger partial charge in [-0.2, -0.15) is 0 Å². The third-order valence-corrected chi connectivity index (χ3v) is 8.36. The third kappa shape index (κ3) is 3.69. The van der Waals surface area contributed by atoms with Crippen molar-refractivity contribution in [3.8, 4) is 11.1 Å². The average Bonchev–Trinajstić information content (AvgIpc) is 3.01. The lowest BCUT2D eigenvalue weighted by Gasteiger charge is -2.40. The number of rotatable bonds is 3. The summed E-state index contributed by atoms with van der Waals surface area (Å²) in [5, 5.41) is 0. The fourth-order valence-corrected chi connectivity index (χ4v) is 6.62. The molecule has 178 valence electrons. The molecule has 1 nitrogen and oxygen atoms in total. The molecule has 0 unspecified atom stereocenters. The van der Waals surface area contributed by atoms with Crippen LogP contribution in [0.2, 0.25) is 0 Å². The van der Waals surface area contributed by atoms with Crippen molar-refractivity contribution in [1.29, 1.82) is 0 Å². The van der Waals surface area contributed by atoms with Crippen molar-refractivity contribution in [2.24, 2.45) is 0 Å². The van der Waals surface area contributed by atoms with Crippen LogP contribution in [0.15, 0.2) is 54.6 Å². The first-order valence-electron chi connectivity index (χ1n) is 13.3. The van der Waals surface area contributed by atoms with E-state index in [4.69, 9.17) is 0 Å². The number of hydrogen-bond donors (Lipinski definition) is 0. The Labute approximate surface area is 207 Å². The van der Waals surface area contributed by atoms with Crippen LogP contribution < -0.4 is 4.90 Å². The lowest BCUT2D eigenvalue weighted by molar-refractivity contribution is 0.444. The topological polar surface area (TPSA) is 3.24 Å². The monoisotopic (exact) mass is 451 g/mol. The number of benzene rings is 3. The zero-order valence-electron chi connectivity index (χ0n) is 22.3. The fourth-order valence-electron chi connectivity index (χ4n) is 6.62. The molecule has 0 radical (unpaired) electrons. The van der Waals surface area contributed by atoms with Gasteiger partial charge in [-0.25, -0.2) is 0 Å². The van der Waals surface area contributed by atoms with Crippen LogP contribution in [0.3, 0.4) is 0 Å². The summed E-state index contributed by atoms with van der Waals surface area (Å²) < 4.78 is 0. The Hall–Kier alpha value is -2.54. The molecule has 0 bridgehead atoms. The van der Waals surface area contributed by atoms with Crippen molar-refractivity contribution in [2.75, 3.05) is 4.90 Å². The second-order valence-corrected chi connectivity index (χ2v) is 12.2. The molecular weight excluding hydrogens is 410 g/mol. The smallest absolute Gasteiger partial charge is 0.0449 e. The van der Waals surface area contributed by atoms with E-state index in [1.54, 1.807) is 11.1 Å². The van der Waals surface area contributed by atoms with E-state index in [1.165, 1.54) is 71.3 Å². The largest absolute Gasteiger partial charge is 0.336 e. The zero-order valence-corrected chi connectivity index (χ0v) is 22.3. The summed E-state index contributed by atoms with van der Waals surface area (Å²) >= 11 is 0. The average molecular weight is 452 g/mol. The van der Waals surface area contributed by atoms with Gasteiger partial charge < -0.3 is 4.90 Å². The molecule has 3 aromatic carbocycles. The first kappa shape index (κ1) is 23.2. The Morgan fingerprint density at radius 2 is 1.47 bits per heavy atom. The Kier molecular flexibility index (Phi) is 5.66. The van der Waals surface area contributed by atoms with Gasteiger partial charge in [0, 0.05) is 22.3 Å². The second kappa shape index (κ2) is 8.29. The Morgan fingerprint density at radius 1 is 0.765 bits per heavy atom. The van der Waals surface area contributed by atoms with Gasteiger partial charge in [0.05, 0.1) is 0 Å². The summed E-state index contributed by atoms with van der Waals surface area (Å²) in [7, 11) is 0. The first-order chi connectivity index (χ1) is 16.1. The van der Waals surface area contributed by atoms with Gasteiger partial charge in [-0.1, -0.05) is 69.5 Å². The Bertz CT molecular complexity index is 1220. The molecule has 0 amide bonds. The third-order valence-electron chi connectivity index (χ3n) is 8.36. The van der Waals surface area contributed by atoms with Gasteiger partial charge >= 0.3 is 0 Å². The quantitative estimate of drug-likeness (QED) is 0.383. The SMILES string of the molecule is Cc1ccccc1N(c1cc2c(cc1C)-c1c(C3CCCCC3)cccc1C2(C)C)C(C)(C)C. The number of fused-ring (bicyclic) bond motifs is 3. The minimum Gasteiger partial charge on any atom is -0.336 e. The van der Waals surface area contributed by atoms with Crippen LogP contribution in [0.1, 0.15) is 100 Å². The van der Waals surface area contributed by atoms with Crippen LogP contribution in [0.25, 0.3) is 11.1 Å². The first-order valence-corrected chi connectivity index (χ1v) is 13.3. The standard InChI is InChI=1S/C33H41N/c1-22-14-11-12-19-29(22)34(32(3,4)5)30-21-28-26(20-23(30)2)31-25(24-15-9-8-10-16-24)17-13-18-27(31)33(28,6)7/h11-14,17-21,24H,8-10,15-16H2,1-7H3. The minimum absolute atomic E-state index is 0.00702. The van der Waals surface area contributed by atoms with Crippen molar-refractivity contribution in [1.82, 2.24) is 0 Å². The molecule has 3 aromatic rings. The minimum atomic E-state index is -0.0338. The summed E-state index contributed by atoms with van der Waals surface area (Å²) in [5.41, 5.74) is 12.9. The number of nitrogens with zero attached hydrogens (tertiary/aromatic N) is 1. The number of para-hydroxylation sites is 1. The van der Waals surface area contributed by atoms with Gasteiger partial charge in [-0.3, -0.25) is 0 Å². The van der Waals surface area contributed by atoms with Gasteiger partial charge in [-0.15, -0.1) is 0 Å². The maximum absolute atomic E-state index is 2.55. The number of hydrogen-bond acceptors (Lipinski definition) is 1. The van der Waals surface area contributed by atoms with Crippen molar-refractivity contribution >= 4 is 11.4 Å². The molecule has 1 saturated carbocycles. The molecule has 34 heavy (non-hydrogen) atoms. The number of anilines is 2. The predicted octanol–water partition coefficient (Wildman–Crippen LogP) is 9.59. The van der Waals surface area contributed by atoms with Crippen LogP contribution in [0.4, 0.5) is 11.4 Å². The van der Waals surface area contributed by atoms with E-state index in [0.29, 0.717) is 5.92 Å². The van der Waals surface area contributed by atoms with Crippen LogP contribution >= 0.6 is 0 Å². The summed E-state index contributed by atoms with van der Waals surface area (Å²) in [6.07, 6.45) is 6.83. The van der Waals surface area contributed by atoms with Crippen LogP contribution in [-0.2, 0) is 5.41 Å². The molecule has 0 aliphatic heterocycles. The maximum atomic E-state index is 2.55. The Balaban J connectivity index is 1.71. The molecule has 0 aromatic heterocycles. The van der Waals surface area contributed by atoms with Crippen molar-refractivity contribution in [3.63, 3.8) is 0 Å². The highest BCUT2D eigenvalue weighted by molar-refractivity contribution is 5.87. The van der Waals surface area contributed by atoms with E-state index in [-0.39, 0.29) is 11.0 Å². The summed E-state index contributed by atoms with van der Waals surface area (Å²) in [6, 6.07) is 21.0.